The zero-order valence-electron chi connectivity index (χ0n) is 11.4. The van der Waals surface area contributed by atoms with Crippen molar-refractivity contribution in [2.75, 3.05) is 18.5 Å². The SMILES string of the molecule is Cc1cc(N(C)CCC(C)O)c([C@@H](C)O)cc1F. The van der Waals surface area contributed by atoms with Crippen LogP contribution in [0.5, 0.6) is 0 Å². The molecule has 0 saturated carbocycles. The first-order valence-corrected chi connectivity index (χ1v) is 6.20. The molecule has 0 aromatic heterocycles. The summed E-state index contributed by atoms with van der Waals surface area (Å²) < 4.78 is 13.5. The molecule has 0 aliphatic heterocycles. The molecular weight excluding hydrogens is 233 g/mol. The van der Waals surface area contributed by atoms with Crippen LogP contribution < -0.4 is 4.90 Å². The topological polar surface area (TPSA) is 43.7 Å². The number of hydrogen-bond acceptors (Lipinski definition) is 3. The molecule has 1 rings (SSSR count). The fraction of sp³-hybridized carbons (Fsp3) is 0.571. The van der Waals surface area contributed by atoms with E-state index in [1.807, 2.05) is 11.9 Å². The van der Waals surface area contributed by atoms with E-state index in [0.29, 0.717) is 24.1 Å². The summed E-state index contributed by atoms with van der Waals surface area (Å²) in [4.78, 5) is 1.93. The van der Waals surface area contributed by atoms with E-state index in [1.165, 1.54) is 6.07 Å². The first-order chi connectivity index (χ1) is 8.32. The van der Waals surface area contributed by atoms with Crippen molar-refractivity contribution in [2.24, 2.45) is 0 Å². The van der Waals surface area contributed by atoms with Crippen molar-refractivity contribution in [1.29, 1.82) is 0 Å². The highest BCUT2D eigenvalue weighted by Crippen LogP contribution is 2.28. The molecule has 1 unspecified atom stereocenters. The highest BCUT2D eigenvalue weighted by molar-refractivity contribution is 5.56. The number of halogens is 1. The summed E-state index contributed by atoms with van der Waals surface area (Å²) in [6.07, 6.45) is -0.459. The van der Waals surface area contributed by atoms with Crippen LogP contribution in [0.4, 0.5) is 10.1 Å². The van der Waals surface area contributed by atoms with Gasteiger partial charge in [0.1, 0.15) is 5.82 Å². The Labute approximate surface area is 108 Å². The van der Waals surface area contributed by atoms with Gasteiger partial charge in [0.15, 0.2) is 0 Å². The third-order valence-corrected chi connectivity index (χ3v) is 3.05. The maximum atomic E-state index is 13.5. The van der Waals surface area contributed by atoms with Gasteiger partial charge in [-0.15, -0.1) is 0 Å². The maximum Gasteiger partial charge on any atom is 0.126 e. The summed E-state index contributed by atoms with van der Waals surface area (Å²) in [7, 11) is 1.88. The number of aliphatic hydroxyl groups is 2. The fourth-order valence-electron chi connectivity index (χ4n) is 1.85. The minimum absolute atomic E-state index is 0.307. The van der Waals surface area contributed by atoms with Crippen LogP contribution in [-0.4, -0.2) is 29.9 Å². The lowest BCUT2D eigenvalue weighted by Gasteiger charge is -2.25. The van der Waals surface area contributed by atoms with Crippen molar-refractivity contribution in [2.45, 2.75) is 39.4 Å². The number of benzene rings is 1. The van der Waals surface area contributed by atoms with Gasteiger partial charge in [-0.05, 0) is 44.9 Å². The van der Waals surface area contributed by atoms with E-state index in [-0.39, 0.29) is 11.9 Å². The van der Waals surface area contributed by atoms with Gasteiger partial charge in [0.05, 0.1) is 12.2 Å². The lowest BCUT2D eigenvalue weighted by molar-refractivity contribution is 0.186. The maximum absolute atomic E-state index is 13.5. The Kier molecular flexibility index (Phi) is 5.11. The van der Waals surface area contributed by atoms with Gasteiger partial charge >= 0.3 is 0 Å². The molecule has 0 aliphatic carbocycles. The summed E-state index contributed by atoms with van der Waals surface area (Å²) in [5, 5.41) is 19.0. The van der Waals surface area contributed by atoms with Crippen molar-refractivity contribution >= 4 is 5.69 Å². The minimum Gasteiger partial charge on any atom is -0.393 e. The second-order valence-corrected chi connectivity index (χ2v) is 4.90. The van der Waals surface area contributed by atoms with Gasteiger partial charge in [0, 0.05) is 24.8 Å². The van der Waals surface area contributed by atoms with Gasteiger partial charge in [-0.3, -0.25) is 0 Å². The van der Waals surface area contributed by atoms with E-state index in [1.54, 1.807) is 26.8 Å². The third-order valence-electron chi connectivity index (χ3n) is 3.05. The lowest BCUT2D eigenvalue weighted by atomic mass is 10.0. The monoisotopic (exact) mass is 255 g/mol. The molecule has 0 spiro atoms. The highest BCUT2D eigenvalue weighted by atomic mass is 19.1. The summed E-state index contributed by atoms with van der Waals surface area (Å²) >= 11 is 0. The Bertz CT molecular complexity index is 405. The molecule has 102 valence electrons. The quantitative estimate of drug-likeness (QED) is 0.849. The average Bonchev–Trinajstić information content (AvgIpc) is 2.28. The molecule has 0 bridgehead atoms. The van der Waals surface area contributed by atoms with Gasteiger partial charge in [-0.25, -0.2) is 4.39 Å². The van der Waals surface area contributed by atoms with Gasteiger partial charge in [-0.1, -0.05) is 0 Å². The molecule has 0 fully saturated rings. The van der Waals surface area contributed by atoms with Crippen LogP contribution >= 0.6 is 0 Å². The van der Waals surface area contributed by atoms with Crippen LogP contribution in [0, 0.1) is 12.7 Å². The van der Waals surface area contributed by atoms with Crippen LogP contribution in [0.2, 0.25) is 0 Å². The largest absolute Gasteiger partial charge is 0.393 e. The van der Waals surface area contributed by atoms with E-state index in [2.05, 4.69) is 0 Å². The van der Waals surface area contributed by atoms with Gasteiger partial charge in [0.25, 0.3) is 0 Å². The zero-order valence-corrected chi connectivity index (χ0v) is 11.4. The molecule has 2 N–H and O–H groups in total. The van der Waals surface area contributed by atoms with Crippen molar-refractivity contribution in [3.63, 3.8) is 0 Å². The molecule has 18 heavy (non-hydrogen) atoms. The molecule has 0 aliphatic rings. The van der Waals surface area contributed by atoms with Crippen LogP contribution in [-0.2, 0) is 0 Å². The Hall–Kier alpha value is -1.13. The Morgan fingerprint density at radius 3 is 2.39 bits per heavy atom. The number of hydrogen-bond donors (Lipinski definition) is 2. The Balaban J connectivity index is 3.02. The first-order valence-electron chi connectivity index (χ1n) is 6.20. The first kappa shape index (κ1) is 14.9. The lowest BCUT2D eigenvalue weighted by Crippen LogP contribution is -2.23. The van der Waals surface area contributed by atoms with Crippen molar-refractivity contribution in [3.8, 4) is 0 Å². The molecule has 0 radical (unpaired) electrons. The molecule has 0 amide bonds. The predicted octanol–water partition coefficient (Wildman–Crippen LogP) is 2.39. The average molecular weight is 255 g/mol. The van der Waals surface area contributed by atoms with Gasteiger partial charge in [0.2, 0.25) is 0 Å². The third kappa shape index (κ3) is 3.68. The summed E-state index contributed by atoms with van der Waals surface area (Å²) in [6, 6.07) is 3.12. The second-order valence-electron chi connectivity index (χ2n) is 4.90. The second kappa shape index (κ2) is 6.16. The van der Waals surface area contributed by atoms with E-state index in [0.717, 1.165) is 5.69 Å². The van der Waals surface area contributed by atoms with E-state index in [9.17, 15) is 14.6 Å². The van der Waals surface area contributed by atoms with E-state index < -0.39 is 6.10 Å². The standard InChI is InChI=1S/C14H22FNO2/c1-9-7-14(16(4)6-5-10(2)17)12(11(3)18)8-13(9)15/h7-8,10-11,17-18H,5-6H2,1-4H3/t10?,11-/m1/s1. The van der Waals surface area contributed by atoms with Crippen LogP contribution in [0.15, 0.2) is 12.1 Å². The van der Waals surface area contributed by atoms with Crippen LogP contribution in [0.25, 0.3) is 0 Å². The minimum atomic E-state index is -0.718. The number of anilines is 1. The van der Waals surface area contributed by atoms with Crippen LogP contribution in [0.1, 0.15) is 37.5 Å². The summed E-state index contributed by atoms with van der Waals surface area (Å²) in [5.74, 6) is -0.307. The van der Waals surface area contributed by atoms with Crippen molar-refractivity contribution in [3.05, 3.63) is 29.1 Å². The number of nitrogens with zero attached hydrogens (tertiary/aromatic N) is 1. The summed E-state index contributed by atoms with van der Waals surface area (Å²) in [6.45, 7) is 5.71. The number of aryl methyl sites for hydroxylation is 1. The molecule has 2 atom stereocenters. The molecule has 3 nitrogen and oxygen atoms in total. The van der Waals surface area contributed by atoms with E-state index in [4.69, 9.17) is 0 Å². The van der Waals surface area contributed by atoms with Gasteiger partial charge < -0.3 is 15.1 Å². The zero-order chi connectivity index (χ0) is 13.9. The molecule has 0 heterocycles. The van der Waals surface area contributed by atoms with Crippen molar-refractivity contribution in [1.82, 2.24) is 0 Å². The Morgan fingerprint density at radius 2 is 1.89 bits per heavy atom. The van der Waals surface area contributed by atoms with Gasteiger partial charge in [-0.2, -0.15) is 0 Å². The number of aliphatic hydroxyl groups excluding tert-OH is 2. The molecule has 4 heteroatoms. The molecule has 1 aromatic carbocycles. The molecule has 1 aromatic rings. The Morgan fingerprint density at radius 1 is 1.28 bits per heavy atom. The van der Waals surface area contributed by atoms with Crippen molar-refractivity contribution < 1.29 is 14.6 Å². The number of rotatable bonds is 5. The molecular formula is C14H22FNO2. The highest BCUT2D eigenvalue weighted by Gasteiger charge is 2.15. The molecule has 0 saturated heterocycles. The van der Waals surface area contributed by atoms with E-state index >= 15 is 0 Å². The fourth-order valence-corrected chi connectivity index (χ4v) is 1.85. The van der Waals surface area contributed by atoms with Crippen LogP contribution in [0.3, 0.4) is 0 Å². The summed E-state index contributed by atoms with van der Waals surface area (Å²) in [5.41, 5.74) is 1.94. The normalized spacial score (nSPS) is 14.4. The predicted molar refractivity (Wildman–Crippen MR) is 71.3 cm³/mol. The smallest absolute Gasteiger partial charge is 0.126 e.